The van der Waals surface area contributed by atoms with Gasteiger partial charge in [0.15, 0.2) is 0 Å². The van der Waals surface area contributed by atoms with Crippen molar-refractivity contribution in [2.24, 2.45) is 5.92 Å². The molecule has 1 unspecified atom stereocenters. The summed E-state index contributed by atoms with van der Waals surface area (Å²) in [6.45, 7) is 6.50. The quantitative estimate of drug-likeness (QED) is 0.480. The maximum Gasteiger partial charge on any atom is 0.123 e. The van der Waals surface area contributed by atoms with Crippen LogP contribution in [0, 0.1) is 5.92 Å². The Labute approximate surface area is 111 Å². The van der Waals surface area contributed by atoms with Crippen molar-refractivity contribution in [3.8, 4) is 0 Å². The molecule has 0 aromatic heterocycles. The lowest BCUT2D eigenvalue weighted by Crippen LogP contribution is -1.96. The average Bonchev–Trinajstić information content (AvgIpc) is 3.08. The molecule has 0 spiro atoms. The van der Waals surface area contributed by atoms with Crippen molar-refractivity contribution >= 4 is 0 Å². The summed E-state index contributed by atoms with van der Waals surface area (Å²) in [6, 6.07) is 0. The SMILES string of the molecule is CCCCC=C=C=CCCC(C)/C(C)=C1C=C/1O. The van der Waals surface area contributed by atoms with Crippen LogP contribution in [0.2, 0.25) is 0 Å². The highest BCUT2D eigenvalue weighted by molar-refractivity contribution is 5.55. The highest BCUT2D eigenvalue weighted by Crippen LogP contribution is 2.32. The highest BCUT2D eigenvalue weighted by atomic mass is 16.3. The summed E-state index contributed by atoms with van der Waals surface area (Å²) >= 11 is 0. The number of rotatable bonds is 7. The zero-order valence-electron chi connectivity index (χ0n) is 11.8. The summed E-state index contributed by atoms with van der Waals surface area (Å²) in [5.41, 5.74) is 8.51. The van der Waals surface area contributed by atoms with Gasteiger partial charge in [-0.2, -0.15) is 0 Å². The Morgan fingerprint density at radius 1 is 1.33 bits per heavy atom. The second-order valence-corrected chi connectivity index (χ2v) is 4.94. The number of hydrogen-bond acceptors (Lipinski definition) is 1. The van der Waals surface area contributed by atoms with E-state index in [1.807, 2.05) is 6.08 Å². The molecule has 0 bridgehead atoms. The first-order valence-corrected chi connectivity index (χ1v) is 6.93. The second kappa shape index (κ2) is 7.82. The molecule has 1 rings (SSSR count). The molecular formula is C17H24O. The van der Waals surface area contributed by atoms with Gasteiger partial charge in [0.2, 0.25) is 0 Å². The molecule has 0 fully saturated rings. The number of allylic oxidation sites excluding steroid dienone is 5. The van der Waals surface area contributed by atoms with Crippen LogP contribution in [0.5, 0.6) is 0 Å². The van der Waals surface area contributed by atoms with Gasteiger partial charge in [0.1, 0.15) is 5.76 Å². The molecule has 0 aliphatic heterocycles. The van der Waals surface area contributed by atoms with Gasteiger partial charge in [-0.25, -0.2) is 0 Å². The van der Waals surface area contributed by atoms with Gasteiger partial charge in [-0.05, 0) is 56.8 Å². The third kappa shape index (κ3) is 5.27. The van der Waals surface area contributed by atoms with Crippen molar-refractivity contribution in [1.82, 2.24) is 0 Å². The number of aliphatic hydroxyl groups excluding tert-OH is 1. The minimum Gasteiger partial charge on any atom is -0.507 e. The fraction of sp³-hybridized carbons (Fsp3) is 0.529. The maximum absolute atomic E-state index is 9.23. The first-order valence-electron chi connectivity index (χ1n) is 6.93. The van der Waals surface area contributed by atoms with Crippen LogP contribution in [0.25, 0.3) is 0 Å². The van der Waals surface area contributed by atoms with Crippen molar-refractivity contribution in [3.05, 3.63) is 46.6 Å². The lowest BCUT2D eigenvalue weighted by Gasteiger charge is -2.09. The van der Waals surface area contributed by atoms with Crippen LogP contribution in [0.15, 0.2) is 46.6 Å². The van der Waals surface area contributed by atoms with Gasteiger partial charge >= 0.3 is 0 Å². The van der Waals surface area contributed by atoms with E-state index in [1.54, 1.807) is 0 Å². The molecule has 1 aliphatic rings. The van der Waals surface area contributed by atoms with Crippen molar-refractivity contribution < 1.29 is 5.11 Å². The van der Waals surface area contributed by atoms with E-state index in [-0.39, 0.29) is 0 Å². The summed E-state index contributed by atoms with van der Waals surface area (Å²) in [5.74, 6) is 0.983. The number of hydrogen-bond donors (Lipinski definition) is 1. The van der Waals surface area contributed by atoms with Crippen molar-refractivity contribution in [3.63, 3.8) is 0 Å². The predicted molar refractivity (Wildman–Crippen MR) is 77.5 cm³/mol. The lowest BCUT2D eigenvalue weighted by molar-refractivity contribution is 0.447. The van der Waals surface area contributed by atoms with Crippen molar-refractivity contribution in [1.29, 1.82) is 0 Å². The third-order valence-electron chi connectivity index (χ3n) is 3.37. The molecule has 0 aromatic carbocycles. The second-order valence-electron chi connectivity index (χ2n) is 4.94. The molecule has 0 radical (unpaired) electrons. The fourth-order valence-corrected chi connectivity index (χ4v) is 1.80. The molecule has 0 aromatic rings. The fourth-order valence-electron chi connectivity index (χ4n) is 1.80. The molecule has 1 nitrogen and oxygen atoms in total. The molecule has 98 valence electrons. The smallest absolute Gasteiger partial charge is 0.123 e. The van der Waals surface area contributed by atoms with Crippen LogP contribution in [0.3, 0.4) is 0 Å². The van der Waals surface area contributed by atoms with Crippen LogP contribution in [-0.4, -0.2) is 5.11 Å². The molecule has 18 heavy (non-hydrogen) atoms. The molecule has 0 amide bonds. The Kier molecular flexibility index (Phi) is 6.36. The van der Waals surface area contributed by atoms with Crippen LogP contribution >= 0.6 is 0 Å². The molecule has 0 saturated heterocycles. The normalized spacial score (nSPS) is 17.2. The first kappa shape index (κ1) is 14.6. The van der Waals surface area contributed by atoms with Crippen LogP contribution in [0.1, 0.15) is 52.9 Å². The first-order chi connectivity index (χ1) is 8.66. The Bertz CT molecular complexity index is 425. The van der Waals surface area contributed by atoms with Gasteiger partial charge in [-0.1, -0.05) is 37.3 Å². The van der Waals surface area contributed by atoms with Gasteiger partial charge in [0.25, 0.3) is 0 Å². The summed E-state index contributed by atoms with van der Waals surface area (Å²) in [5, 5.41) is 9.23. The zero-order valence-corrected chi connectivity index (χ0v) is 11.8. The average molecular weight is 244 g/mol. The third-order valence-corrected chi connectivity index (χ3v) is 3.37. The predicted octanol–water partition coefficient (Wildman–Crippen LogP) is 5.23. The van der Waals surface area contributed by atoms with Crippen LogP contribution in [-0.2, 0) is 0 Å². The van der Waals surface area contributed by atoms with E-state index in [0.717, 1.165) is 24.8 Å². The largest absolute Gasteiger partial charge is 0.507 e. The summed E-state index contributed by atoms with van der Waals surface area (Å²) in [6.07, 6.45) is 11.6. The maximum atomic E-state index is 9.23. The number of unbranched alkanes of at least 4 members (excludes halogenated alkanes) is 2. The monoisotopic (exact) mass is 244 g/mol. The highest BCUT2D eigenvalue weighted by Gasteiger charge is 2.20. The Balaban J connectivity index is 2.25. The molecule has 1 atom stereocenters. The standard InChI is InChI=1S/C17H24O/c1-4-5-6-7-8-9-10-11-12-14(2)15(3)16-13-17(16)18/h7,10,13-14,18H,4-6,11-12H2,1-3H3/b10-7?,16-15-. The summed E-state index contributed by atoms with van der Waals surface area (Å²) < 4.78 is 0. The molecular weight excluding hydrogens is 220 g/mol. The van der Waals surface area contributed by atoms with E-state index < -0.39 is 0 Å². The molecule has 0 heterocycles. The van der Waals surface area contributed by atoms with Crippen molar-refractivity contribution in [2.75, 3.05) is 0 Å². The van der Waals surface area contributed by atoms with E-state index >= 15 is 0 Å². The molecule has 0 saturated carbocycles. The van der Waals surface area contributed by atoms with E-state index in [9.17, 15) is 5.11 Å². The molecule has 1 heteroatoms. The van der Waals surface area contributed by atoms with E-state index in [1.165, 1.54) is 18.4 Å². The minimum atomic E-state index is 0.466. The van der Waals surface area contributed by atoms with Gasteiger partial charge in [-0.15, -0.1) is 0 Å². The topological polar surface area (TPSA) is 20.2 Å². The van der Waals surface area contributed by atoms with E-state index in [2.05, 4.69) is 44.4 Å². The Hall–Kier alpha value is -1.42. The van der Waals surface area contributed by atoms with Gasteiger partial charge in [0.05, 0.1) is 0 Å². The Morgan fingerprint density at radius 2 is 1.94 bits per heavy atom. The van der Waals surface area contributed by atoms with Gasteiger partial charge in [0, 0.05) is 5.57 Å². The minimum absolute atomic E-state index is 0.466. The molecule has 1 aliphatic carbocycles. The van der Waals surface area contributed by atoms with E-state index in [0.29, 0.717) is 11.7 Å². The van der Waals surface area contributed by atoms with Gasteiger partial charge < -0.3 is 5.11 Å². The van der Waals surface area contributed by atoms with Crippen molar-refractivity contribution in [2.45, 2.75) is 52.9 Å². The summed E-state index contributed by atoms with van der Waals surface area (Å²) in [4.78, 5) is 0. The van der Waals surface area contributed by atoms with Crippen LogP contribution in [0.4, 0.5) is 0 Å². The zero-order chi connectivity index (χ0) is 13.4. The Morgan fingerprint density at radius 3 is 2.50 bits per heavy atom. The van der Waals surface area contributed by atoms with Gasteiger partial charge in [-0.3, -0.25) is 0 Å². The lowest BCUT2D eigenvalue weighted by atomic mass is 9.96. The molecule has 1 N–H and O–H groups in total. The number of aliphatic hydroxyl groups is 1. The van der Waals surface area contributed by atoms with Crippen LogP contribution < -0.4 is 0 Å². The van der Waals surface area contributed by atoms with E-state index in [4.69, 9.17) is 0 Å². The summed E-state index contributed by atoms with van der Waals surface area (Å²) in [7, 11) is 0.